The molecule has 0 saturated heterocycles. The first kappa shape index (κ1) is 11.7. The molecule has 78 valence electrons. The molecule has 0 aliphatic carbocycles. The molecule has 1 aromatic rings. The van der Waals surface area contributed by atoms with Gasteiger partial charge in [0.2, 0.25) is 0 Å². The highest BCUT2D eigenvalue weighted by atomic mass is 32.1. The normalized spacial score (nSPS) is 9.20. The molecule has 1 aromatic carbocycles. The smallest absolute Gasteiger partial charge is 0.336 e. The second-order valence-electron chi connectivity index (χ2n) is 3.08. The van der Waals surface area contributed by atoms with Crippen LogP contribution in [0.3, 0.4) is 0 Å². The highest BCUT2D eigenvalue weighted by Crippen LogP contribution is 2.12. The summed E-state index contributed by atoms with van der Waals surface area (Å²) in [6.07, 6.45) is 0.663. The van der Waals surface area contributed by atoms with E-state index in [1.165, 1.54) is 0 Å². The largest absolute Gasteiger partial charge is 0.478 e. The molecular formula is C12H12O2S. The minimum absolute atomic E-state index is 0.265. The van der Waals surface area contributed by atoms with Crippen molar-refractivity contribution in [3.63, 3.8) is 0 Å². The number of carboxylic acid groups (broad SMARTS) is 1. The van der Waals surface area contributed by atoms with E-state index in [-0.39, 0.29) is 5.56 Å². The Kier molecular flexibility index (Phi) is 4.26. The van der Waals surface area contributed by atoms with Crippen molar-refractivity contribution in [2.75, 3.05) is 5.75 Å². The fraction of sp³-hybridized carbons (Fsp3) is 0.250. The topological polar surface area (TPSA) is 37.3 Å². The first-order chi connectivity index (χ1) is 7.16. The van der Waals surface area contributed by atoms with E-state index >= 15 is 0 Å². The van der Waals surface area contributed by atoms with Gasteiger partial charge in [-0.25, -0.2) is 4.79 Å². The van der Waals surface area contributed by atoms with Crippen molar-refractivity contribution in [2.45, 2.75) is 13.3 Å². The SMILES string of the molecule is Cc1cccc(C(=O)O)c1C#CCCS. The Morgan fingerprint density at radius 2 is 2.27 bits per heavy atom. The quantitative estimate of drug-likeness (QED) is 0.593. The Morgan fingerprint density at radius 3 is 2.87 bits per heavy atom. The molecule has 0 unspecified atom stereocenters. The lowest BCUT2D eigenvalue weighted by atomic mass is 10.0. The maximum atomic E-state index is 10.9. The highest BCUT2D eigenvalue weighted by Gasteiger charge is 2.09. The Hall–Kier alpha value is -1.40. The third-order valence-corrected chi connectivity index (χ3v) is 2.18. The molecule has 0 amide bonds. The fourth-order valence-corrected chi connectivity index (χ4v) is 1.33. The molecule has 0 atom stereocenters. The van der Waals surface area contributed by atoms with Gasteiger partial charge in [-0.05, 0) is 18.6 Å². The summed E-state index contributed by atoms with van der Waals surface area (Å²) in [5, 5.41) is 8.96. The zero-order valence-electron chi connectivity index (χ0n) is 8.45. The Labute approximate surface area is 94.7 Å². The third-order valence-electron chi connectivity index (χ3n) is 1.95. The second kappa shape index (κ2) is 5.47. The van der Waals surface area contributed by atoms with Gasteiger partial charge in [0, 0.05) is 17.7 Å². The van der Waals surface area contributed by atoms with Crippen LogP contribution in [-0.4, -0.2) is 16.8 Å². The van der Waals surface area contributed by atoms with E-state index in [0.717, 1.165) is 5.56 Å². The van der Waals surface area contributed by atoms with Crippen LogP contribution >= 0.6 is 12.6 Å². The fourth-order valence-electron chi connectivity index (χ4n) is 1.22. The number of aromatic carboxylic acids is 1. The number of aryl methyl sites for hydroxylation is 1. The van der Waals surface area contributed by atoms with Crippen LogP contribution in [-0.2, 0) is 0 Å². The van der Waals surface area contributed by atoms with E-state index in [2.05, 4.69) is 24.5 Å². The number of benzene rings is 1. The molecule has 3 heteroatoms. The minimum atomic E-state index is -0.936. The maximum absolute atomic E-state index is 10.9. The Bertz CT molecular complexity index is 427. The van der Waals surface area contributed by atoms with Crippen molar-refractivity contribution in [2.24, 2.45) is 0 Å². The van der Waals surface area contributed by atoms with Gasteiger partial charge < -0.3 is 5.11 Å². The van der Waals surface area contributed by atoms with Gasteiger partial charge in [0.25, 0.3) is 0 Å². The molecule has 0 radical (unpaired) electrons. The van der Waals surface area contributed by atoms with Gasteiger partial charge in [0.15, 0.2) is 0 Å². The number of thiol groups is 1. The van der Waals surface area contributed by atoms with Gasteiger partial charge in [-0.2, -0.15) is 12.6 Å². The molecule has 0 aromatic heterocycles. The van der Waals surface area contributed by atoms with Gasteiger partial charge in [-0.1, -0.05) is 24.0 Å². The van der Waals surface area contributed by atoms with Crippen molar-refractivity contribution in [1.29, 1.82) is 0 Å². The molecule has 1 N–H and O–H groups in total. The zero-order valence-corrected chi connectivity index (χ0v) is 9.34. The predicted octanol–water partition coefficient (Wildman–Crippen LogP) is 2.36. The van der Waals surface area contributed by atoms with Gasteiger partial charge in [0.05, 0.1) is 5.56 Å². The lowest BCUT2D eigenvalue weighted by Gasteiger charge is -2.02. The molecule has 2 nitrogen and oxygen atoms in total. The van der Waals surface area contributed by atoms with Crippen LogP contribution in [0, 0.1) is 18.8 Å². The van der Waals surface area contributed by atoms with Crippen molar-refractivity contribution in [1.82, 2.24) is 0 Å². The lowest BCUT2D eigenvalue weighted by Crippen LogP contribution is -2.01. The lowest BCUT2D eigenvalue weighted by molar-refractivity contribution is 0.0696. The number of rotatable bonds is 2. The summed E-state index contributed by atoms with van der Waals surface area (Å²) in [5.74, 6) is 5.53. The van der Waals surface area contributed by atoms with Crippen LogP contribution in [0.2, 0.25) is 0 Å². The van der Waals surface area contributed by atoms with Gasteiger partial charge in [0.1, 0.15) is 0 Å². The van der Waals surface area contributed by atoms with Gasteiger partial charge in [-0.15, -0.1) is 0 Å². The van der Waals surface area contributed by atoms with E-state index in [9.17, 15) is 4.79 Å². The summed E-state index contributed by atoms with van der Waals surface area (Å²) in [7, 11) is 0. The molecule has 0 spiro atoms. The molecule has 0 aliphatic rings. The zero-order chi connectivity index (χ0) is 11.3. The van der Waals surface area contributed by atoms with Crippen LogP contribution in [0.4, 0.5) is 0 Å². The number of hydrogen-bond donors (Lipinski definition) is 2. The van der Waals surface area contributed by atoms with E-state index in [1.807, 2.05) is 13.0 Å². The van der Waals surface area contributed by atoms with Crippen molar-refractivity contribution < 1.29 is 9.90 Å². The summed E-state index contributed by atoms with van der Waals surface area (Å²) in [4.78, 5) is 10.9. The average Bonchev–Trinajstić information content (AvgIpc) is 2.20. The number of carbonyl (C=O) groups is 1. The van der Waals surface area contributed by atoms with Crippen molar-refractivity contribution in [3.05, 3.63) is 34.9 Å². The van der Waals surface area contributed by atoms with Crippen LogP contribution in [0.15, 0.2) is 18.2 Å². The van der Waals surface area contributed by atoms with Crippen LogP contribution < -0.4 is 0 Å². The highest BCUT2D eigenvalue weighted by molar-refractivity contribution is 7.80. The van der Waals surface area contributed by atoms with E-state index in [1.54, 1.807) is 12.1 Å². The number of hydrogen-bond acceptors (Lipinski definition) is 2. The molecule has 0 saturated carbocycles. The summed E-state index contributed by atoms with van der Waals surface area (Å²) in [5.41, 5.74) is 1.76. The molecule has 1 rings (SSSR count). The monoisotopic (exact) mass is 220 g/mol. The summed E-state index contributed by atoms with van der Waals surface area (Å²) in [6, 6.07) is 5.15. The van der Waals surface area contributed by atoms with Crippen molar-refractivity contribution >= 4 is 18.6 Å². The average molecular weight is 220 g/mol. The van der Waals surface area contributed by atoms with Crippen LogP contribution in [0.25, 0.3) is 0 Å². The predicted molar refractivity (Wildman–Crippen MR) is 63.5 cm³/mol. The van der Waals surface area contributed by atoms with E-state index < -0.39 is 5.97 Å². The standard InChI is InChI=1S/C12H12O2S/c1-9-5-4-7-11(12(13)14)10(9)6-2-3-8-15/h4-5,7,15H,3,8H2,1H3,(H,13,14). The van der Waals surface area contributed by atoms with Crippen molar-refractivity contribution in [3.8, 4) is 11.8 Å². The minimum Gasteiger partial charge on any atom is -0.478 e. The molecule has 15 heavy (non-hydrogen) atoms. The van der Waals surface area contributed by atoms with Gasteiger partial charge in [-0.3, -0.25) is 0 Å². The second-order valence-corrected chi connectivity index (χ2v) is 3.53. The Morgan fingerprint density at radius 1 is 1.53 bits per heavy atom. The first-order valence-electron chi connectivity index (χ1n) is 4.59. The maximum Gasteiger partial charge on any atom is 0.336 e. The summed E-state index contributed by atoms with van der Waals surface area (Å²) >= 11 is 4.04. The van der Waals surface area contributed by atoms with Gasteiger partial charge >= 0.3 is 5.97 Å². The van der Waals surface area contributed by atoms with E-state index in [0.29, 0.717) is 17.7 Å². The summed E-state index contributed by atoms with van der Waals surface area (Å²) in [6.45, 7) is 1.86. The first-order valence-corrected chi connectivity index (χ1v) is 5.22. The summed E-state index contributed by atoms with van der Waals surface area (Å²) < 4.78 is 0. The third kappa shape index (κ3) is 3.03. The Balaban J connectivity index is 3.15. The van der Waals surface area contributed by atoms with Crippen LogP contribution in [0.5, 0.6) is 0 Å². The van der Waals surface area contributed by atoms with Crippen LogP contribution in [0.1, 0.15) is 27.9 Å². The molecular weight excluding hydrogens is 208 g/mol. The number of carboxylic acids is 1. The molecule has 0 aliphatic heterocycles. The van der Waals surface area contributed by atoms with E-state index in [4.69, 9.17) is 5.11 Å². The molecule has 0 fully saturated rings. The molecule has 0 heterocycles. The molecule has 0 bridgehead atoms.